The van der Waals surface area contributed by atoms with Gasteiger partial charge in [-0.3, -0.25) is 0 Å². The first-order chi connectivity index (χ1) is 7.25. The molecule has 0 N–H and O–H groups in total. The molecule has 0 bridgehead atoms. The van der Waals surface area contributed by atoms with Gasteiger partial charge in [-0.1, -0.05) is 6.42 Å². The van der Waals surface area contributed by atoms with Gasteiger partial charge in [0.25, 0.3) is 0 Å². The summed E-state index contributed by atoms with van der Waals surface area (Å²) in [5.74, 6) is 2.36. The third kappa shape index (κ3) is 1.62. The molecule has 0 aromatic rings. The fourth-order valence-corrected chi connectivity index (χ4v) is 3.93. The molecule has 2 nitrogen and oxygen atoms in total. The highest BCUT2D eigenvalue weighted by molar-refractivity contribution is 4.93. The maximum Gasteiger partial charge on any atom is 0.161 e. The van der Waals surface area contributed by atoms with Crippen molar-refractivity contribution in [2.45, 2.75) is 64.4 Å². The molecule has 1 saturated carbocycles. The summed E-state index contributed by atoms with van der Waals surface area (Å²) in [7, 11) is 0. The number of hydrogen-bond acceptors (Lipinski definition) is 2. The van der Waals surface area contributed by atoms with Crippen LogP contribution in [0.4, 0.5) is 0 Å². The molecule has 2 heterocycles. The second-order valence-electron chi connectivity index (χ2n) is 5.67. The van der Waals surface area contributed by atoms with E-state index in [9.17, 15) is 0 Å². The predicted octanol–water partition coefficient (Wildman–Crippen LogP) is 2.96. The van der Waals surface area contributed by atoms with E-state index in [1.54, 1.807) is 0 Å². The summed E-state index contributed by atoms with van der Waals surface area (Å²) in [5.41, 5.74) is 0. The maximum atomic E-state index is 6.02. The lowest BCUT2D eigenvalue weighted by atomic mass is 9.70. The molecule has 86 valence electrons. The van der Waals surface area contributed by atoms with E-state index in [-0.39, 0.29) is 6.29 Å². The van der Waals surface area contributed by atoms with Crippen LogP contribution >= 0.6 is 0 Å². The topological polar surface area (TPSA) is 18.5 Å². The first-order valence-electron chi connectivity index (χ1n) is 6.56. The Kier molecular flexibility index (Phi) is 2.52. The molecule has 0 spiro atoms. The molecule has 3 rings (SSSR count). The molecule has 5 unspecified atom stereocenters. The van der Waals surface area contributed by atoms with Gasteiger partial charge in [0.1, 0.15) is 0 Å². The second kappa shape index (κ2) is 3.74. The minimum Gasteiger partial charge on any atom is -0.349 e. The second-order valence-corrected chi connectivity index (χ2v) is 5.67. The van der Waals surface area contributed by atoms with Crippen LogP contribution in [0.1, 0.15) is 46.0 Å². The normalized spacial score (nSPS) is 54.8. The van der Waals surface area contributed by atoms with Crippen LogP contribution < -0.4 is 0 Å². The van der Waals surface area contributed by atoms with Crippen molar-refractivity contribution in [1.29, 1.82) is 0 Å². The van der Waals surface area contributed by atoms with E-state index in [0.29, 0.717) is 18.1 Å². The van der Waals surface area contributed by atoms with Gasteiger partial charge in [-0.15, -0.1) is 0 Å². The molecule has 2 aliphatic heterocycles. The van der Waals surface area contributed by atoms with Gasteiger partial charge in [-0.2, -0.15) is 0 Å². The van der Waals surface area contributed by atoms with Crippen molar-refractivity contribution in [3.05, 3.63) is 0 Å². The lowest BCUT2D eigenvalue weighted by molar-refractivity contribution is -0.168. The molecular weight excluding hydrogens is 188 g/mol. The molecule has 0 aromatic heterocycles. The van der Waals surface area contributed by atoms with E-state index in [1.165, 1.54) is 32.1 Å². The minimum atomic E-state index is 0.118. The molecule has 3 aliphatic rings. The van der Waals surface area contributed by atoms with Gasteiger partial charge in [-0.25, -0.2) is 0 Å². The predicted molar refractivity (Wildman–Crippen MR) is 58.4 cm³/mol. The first-order valence-corrected chi connectivity index (χ1v) is 6.56. The molecule has 0 amide bonds. The number of hydrogen-bond donors (Lipinski definition) is 0. The summed E-state index contributed by atoms with van der Waals surface area (Å²) in [6.07, 6.45) is 7.69. The van der Waals surface area contributed by atoms with Gasteiger partial charge in [0, 0.05) is 5.92 Å². The van der Waals surface area contributed by atoms with Crippen LogP contribution in [0.25, 0.3) is 0 Å². The van der Waals surface area contributed by atoms with Gasteiger partial charge < -0.3 is 9.47 Å². The minimum absolute atomic E-state index is 0.118. The molecule has 0 aromatic carbocycles. The average molecular weight is 210 g/mol. The summed E-state index contributed by atoms with van der Waals surface area (Å²) in [5, 5.41) is 0. The zero-order valence-corrected chi connectivity index (χ0v) is 9.82. The average Bonchev–Trinajstić information content (AvgIpc) is 2.43. The van der Waals surface area contributed by atoms with Crippen LogP contribution in [0, 0.1) is 17.8 Å². The smallest absolute Gasteiger partial charge is 0.161 e. The standard InChI is InChI=1S/C13H22O2/c1-8-6-7-10-4-3-5-11-9(2)15-13(14-8)12(10)11/h8-13H,3-7H2,1-2H3/t8?,9-,10?,11?,12?,13?/m0/s1. The summed E-state index contributed by atoms with van der Waals surface area (Å²) < 4.78 is 12.0. The summed E-state index contributed by atoms with van der Waals surface area (Å²) in [6, 6.07) is 0. The Balaban J connectivity index is 1.85. The van der Waals surface area contributed by atoms with Crippen LogP contribution in [0.3, 0.4) is 0 Å². The number of ether oxygens (including phenoxy) is 2. The van der Waals surface area contributed by atoms with E-state index in [4.69, 9.17) is 9.47 Å². The SMILES string of the molecule is CC1CCC2CCCC3C2C(O1)O[C@H]3C. The molecule has 1 aliphatic carbocycles. The monoisotopic (exact) mass is 210 g/mol. The lowest BCUT2D eigenvalue weighted by Gasteiger charge is -2.33. The molecule has 2 heteroatoms. The lowest BCUT2D eigenvalue weighted by Crippen LogP contribution is -2.32. The summed E-state index contributed by atoms with van der Waals surface area (Å²) in [4.78, 5) is 0. The Labute approximate surface area is 92.3 Å². The molecule has 6 atom stereocenters. The Morgan fingerprint density at radius 3 is 2.67 bits per heavy atom. The Morgan fingerprint density at radius 1 is 0.933 bits per heavy atom. The van der Waals surface area contributed by atoms with Gasteiger partial charge >= 0.3 is 0 Å². The van der Waals surface area contributed by atoms with E-state index in [2.05, 4.69) is 13.8 Å². The maximum absolute atomic E-state index is 6.02. The molecule has 0 radical (unpaired) electrons. The summed E-state index contributed by atoms with van der Waals surface area (Å²) in [6.45, 7) is 4.42. The van der Waals surface area contributed by atoms with E-state index < -0.39 is 0 Å². The van der Waals surface area contributed by atoms with Crippen molar-refractivity contribution in [2.24, 2.45) is 17.8 Å². The van der Waals surface area contributed by atoms with Crippen molar-refractivity contribution >= 4 is 0 Å². The van der Waals surface area contributed by atoms with Crippen molar-refractivity contribution in [3.63, 3.8) is 0 Å². The molecule has 15 heavy (non-hydrogen) atoms. The quantitative estimate of drug-likeness (QED) is 0.612. The van der Waals surface area contributed by atoms with Gasteiger partial charge in [0.15, 0.2) is 6.29 Å². The molecular formula is C13H22O2. The molecule has 2 saturated heterocycles. The fourth-order valence-electron chi connectivity index (χ4n) is 3.93. The van der Waals surface area contributed by atoms with Crippen LogP contribution in [-0.2, 0) is 9.47 Å². The fraction of sp³-hybridized carbons (Fsp3) is 1.00. The zero-order valence-electron chi connectivity index (χ0n) is 9.82. The third-order valence-corrected chi connectivity index (χ3v) is 4.73. The van der Waals surface area contributed by atoms with Crippen LogP contribution in [-0.4, -0.2) is 18.5 Å². The highest BCUT2D eigenvalue weighted by atomic mass is 16.7. The Hall–Kier alpha value is -0.0800. The van der Waals surface area contributed by atoms with Crippen molar-refractivity contribution < 1.29 is 9.47 Å². The summed E-state index contributed by atoms with van der Waals surface area (Å²) >= 11 is 0. The van der Waals surface area contributed by atoms with Crippen molar-refractivity contribution in [1.82, 2.24) is 0 Å². The first kappa shape index (κ1) is 10.1. The van der Waals surface area contributed by atoms with E-state index in [1.807, 2.05) is 0 Å². The third-order valence-electron chi connectivity index (χ3n) is 4.73. The highest BCUT2D eigenvalue weighted by Crippen LogP contribution is 2.49. The van der Waals surface area contributed by atoms with Crippen LogP contribution in [0.5, 0.6) is 0 Å². The van der Waals surface area contributed by atoms with Gasteiger partial charge in [-0.05, 0) is 51.4 Å². The zero-order chi connectivity index (χ0) is 10.4. The Bertz CT molecular complexity index is 241. The van der Waals surface area contributed by atoms with Crippen LogP contribution in [0.2, 0.25) is 0 Å². The van der Waals surface area contributed by atoms with E-state index in [0.717, 1.165) is 11.8 Å². The van der Waals surface area contributed by atoms with E-state index >= 15 is 0 Å². The highest BCUT2D eigenvalue weighted by Gasteiger charge is 2.49. The largest absolute Gasteiger partial charge is 0.349 e. The number of rotatable bonds is 0. The van der Waals surface area contributed by atoms with Gasteiger partial charge in [0.05, 0.1) is 12.2 Å². The Morgan fingerprint density at radius 2 is 1.80 bits per heavy atom. The van der Waals surface area contributed by atoms with Crippen molar-refractivity contribution in [3.8, 4) is 0 Å². The van der Waals surface area contributed by atoms with Crippen molar-refractivity contribution in [2.75, 3.05) is 0 Å². The van der Waals surface area contributed by atoms with Gasteiger partial charge in [0.2, 0.25) is 0 Å². The van der Waals surface area contributed by atoms with Crippen LogP contribution in [0.15, 0.2) is 0 Å². The molecule has 3 fully saturated rings.